The fourth-order valence-electron chi connectivity index (χ4n) is 5.82. The first-order chi connectivity index (χ1) is 20.6. The molecule has 5 aromatic carbocycles. The molecule has 0 fully saturated rings. The highest BCUT2D eigenvalue weighted by Crippen LogP contribution is 2.40. The zero-order valence-electron chi connectivity index (χ0n) is 25.0. The van der Waals surface area contributed by atoms with Crippen LogP contribution in [0.1, 0.15) is 20.8 Å². The molecule has 3 heteroatoms. The summed E-state index contributed by atoms with van der Waals surface area (Å²) in [5.41, 5.74) is 13.1. The Labute approximate surface area is 248 Å². The molecule has 0 saturated carbocycles. The third kappa shape index (κ3) is 5.27. The average molecular weight is 550 g/mol. The first-order valence-corrected chi connectivity index (χ1v) is 14.6. The van der Waals surface area contributed by atoms with Crippen LogP contribution in [0.15, 0.2) is 134 Å². The van der Waals surface area contributed by atoms with Gasteiger partial charge in [-0.1, -0.05) is 103 Å². The molecule has 0 saturated heterocycles. The summed E-state index contributed by atoms with van der Waals surface area (Å²) in [5, 5.41) is 7.76. The van der Waals surface area contributed by atoms with Gasteiger partial charge in [0.15, 0.2) is 0 Å². The summed E-state index contributed by atoms with van der Waals surface area (Å²) >= 11 is 0. The van der Waals surface area contributed by atoms with Crippen LogP contribution in [0.25, 0.3) is 65.5 Å². The lowest BCUT2D eigenvalue weighted by atomic mass is 9.94. The summed E-state index contributed by atoms with van der Waals surface area (Å²) < 4.78 is 2.41. The lowest BCUT2D eigenvalue weighted by Crippen LogP contribution is -1.92. The number of aryl methyl sites for hydroxylation is 1. The van der Waals surface area contributed by atoms with Gasteiger partial charge >= 0.3 is 0 Å². The van der Waals surface area contributed by atoms with Gasteiger partial charge < -0.3 is 15.3 Å². The summed E-state index contributed by atoms with van der Waals surface area (Å²) in [7, 11) is 1.50. The van der Waals surface area contributed by atoms with Gasteiger partial charge in [-0.05, 0) is 74.7 Å². The smallest absolute Gasteiger partial charge is 0.0544 e. The largest absolute Gasteiger partial charge is 0.354 e. The van der Waals surface area contributed by atoms with E-state index >= 15 is 0 Å². The first kappa shape index (κ1) is 28.7. The summed E-state index contributed by atoms with van der Waals surface area (Å²) in [6, 6.07) is 35.4. The molecule has 0 unspecified atom stereocenters. The minimum Gasteiger partial charge on any atom is -0.354 e. The van der Waals surface area contributed by atoms with Gasteiger partial charge in [0, 0.05) is 50.0 Å². The number of aromatic amines is 1. The molecule has 2 heterocycles. The molecule has 0 atom stereocenters. The molecule has 0 radical (unpaired) electrons. The van der Waals surface area contributed by atoms with Crippen molar-refractivity contribution in [3.63, 3.8) is 0 Å². The maximum Gasteiger partial charge on any atom is 0.0544 e. The number of hydrogen-bond donors (Lipinski definition) is 2. The minimum atomic E-state index is 0.966. The number of nitrogens with one attached hydrogen (secondary N) is 1. The van der Waals surface area contributed by atoms with E-state index in [2.05, 4.69) is 126 Å². The van der Waals surface area contributed by atoms with Crippen LogP contribution >= 0.6 is 0 Å². The molecule has 0 aliphatic carbocycles. The number of nitrogens with zero attached hydrogens (tertiary/aromatic N) is 1. The highest BCUT2D eigenvalue weighted by molar-refractivity contribution is 6.21. The van der Waals surface area contributed by atoms with E-state index in [0.717, 1.165) is 12.1 Å². The number of nitrogens with two attached hydrogens (primary N) is 1. The maximum absolute atomic E-state index is 4.50. The molecule has 0 amide bonds. The lowest BCUT2D eigenvalue weighted by molar-refractivity contribution is 0.827. The SMILES string of the molecule is C=C(C)/C=C\C=C/C.CCn1c2ccccc2c2cc(-c3cc4c5ccccc5[nH]c4c4ccccc34)ccc21.CN. The van der Waals surface area contributed by atoms with E-state index in [9.17, 15) is 0 Å². The molecule has 2 aromatic heterocycles. The van der Waals surface area contributed by atoms with Crippen LogP contribution in [0, 0.1) is 0 Å². The summed E-state index contributed by atoms with van der Waals surface area (Å²) in [4.78, 5) is 3.66. The molecule has 0 aliphatic heterocycles. The second-order valence-corrected chi connectivity index (χ2v) is 10.3. The van der Waals surface area contributed by atoms with Crippen molar-refractivity contribution in [2.75, 3.05) is 7.05 Å². The van der Waals surface area contributed by atoms with E-state index in [1.807, 2.05) is 38.2 Å². The number of para-hydroxylation sites is 2. The predicted octanol–water partition coefficient (Wildman–Crippen LogP) is 10.5. The van der Waals surface area contributed by atoms with Crippen LogP contribution in [0.2, 0.25) is 0 Å². The van der Waals surface area contributed by atoms with Gasteiger partial charge in [-0.3, -0.25) is 0 Å². The number of benzene rings is 5. The predicted molar refractivity (Wildman–Crippen MR) is 186 cm³/mol. The standard InChI is InChI=1S/C30H22N2.C8H12.CH5N/c1-2-32-28-14-8-6-11-22(28)25-17-19(15-16-29(25)32)24-18-26-21-10-5-7-13-27(21)31-30(26)23-12-4-3-9-20(23)24;1-4-5-6-7-8(2)3;1-2/h3-18,31H,2H2,1H3;4-7H,2H2,1,3H3;2H2,1H3/b;5-4-,7-6-;. The van der Waals surface area contributed by atoms with Crippen LogP contribution < -0.4 is 5.73 Å². The number of fused-ring (bicyclic) bond motifs is 8. The summed E-state index contributed by atoms with van der Waals surface area (Å²) in [6.45, 7) is 10.9. The minimum absolute atomic E-state index is 0.966. The number of rotatable bonds is 4. The normalized spacial score (nSPS) is 11.5. The van der Waals surface area contributed by atoms with Crippen LogP contribution in [0.4, 0.5) is 0 Å². The topological polar surface area (TPSA) is 46.7 Å². The zero-order valence-corrected chi connectivity index (χ0v) is 25.0. The highest BCUT2D eigenvalue weighted by atomic mass is 15.0. The van der Waals surface area contributed by atoms with Crippen molar-refractivity contribution in [2.24, 2.45) is 5.73 Å². The van der Waals surface area contributed by atoms with Crippen molar-refractivity contribution >= 4 is 54.4 Å². The Kier molecular flexibility index (Phi) is 8.71. The Hall–Kier alpha value is -4.86. The molecule has 7 aromatic rings. The quantitative estimate of drug-likeness (QED) is 0.211. The highest BCUT2D eigenvalue weighted by Gasteiger charge is 2.15. The van der Waals surface area contributed by atoms with Gasteiger partial charge in [-0.2, -0.15) is 0 Å². The second kappa shape index (κ2) is 12.8. The molecule has 210 valence electrons. The van der Waals surface area contributed by atoms with E-state index in [1.54, 1.807) is 0 Å². The molecular formula is C39H39N3. The molecule has 3 nitrogen and oxygen atoms in total. The number of aromatic nitrogens is 2. The van der Waals surface area contributed by atoms with Crippen LogP contribution in [0.3, 0.4) is 0 Å². The molecule has 0 spiro atoms. The third-order valence-electron chi connectivity index (χ3n) is 7.61. The van der Waals surface area contributed by atoms with Gasteiger partial charge in [-0.15, -0.1) is 0 Å². The Bertz CT molecular complexity index is 2080. The summed E-state index contributed by atoms with van der Waals surface area (Å²) in [6.07, 6.45) is 7.91. The van der Waals surface area contributed by atoms with Gasteiger partial charge in [0.2, 0.25) is 0 Å². The first-order valence-electron chi connectivity index (χ1n) is 14.6. The number of allylic oxidation sites excluding steroid dienone is 5. The third-order valence-corrected chi connectivity index (χ3v) is 7.61. The monoisotopic (exact) mass is 549 g/mol. The van der Waals surface area contributed by atoms with Crippen LogP contribution in [-0.4, -0.2) is 16.6 Å². The lowest BCUT2D eigenvalue weighted by Gasteiger charge is -2.10. The fraction of sp³-hybridized carbons (Fsp3) is 0.128. The average Bonchev–Trinajstić information content (AvgIpc) is 3.57. The number of H-pyrrole nitrogens is 1. The Morgan fingerprint density at radius 3 is 2.10 bits per heavy atom. The molecule has 42 heavy (non-hydrogen) atoms. The Morgan fingerprint density at radius 1 is 0.738 bits per heavy atom. The number of hydrogen-bond acceptors (Lipinski definition) is 1. The van der Waals surface area contributed by atoms with E-state index in [-0.39, 0.29) is 0 Å². The van der Waals surface area contributed by atoms with E-state index < -0.39 is 0 Å². The summed E-state index contributed by atoms with van der Waals surface area (Å²) in [5.74, 6) is 0. The second-order valence-electron chi connectivity index (χ2n) is 10.3. The molecule has 0 aliphatic rings. The van der Waals surface area contributed by atoms with Crippen LogP contribution in [0.5, 0.6) is 0 Å². The van der Waals surface area contributed by atoms with Gasteiger partial charge in [-0.25, -0.2) is 0 Å². The molecule has 7 rings (SSSR count). The molecule has 3 N–H and O–H groups in total. The van der Waals surface area contributed by atoms with Gasteiger partial charge in [0.05, 0.1) is 5.52 Å². The van der Waals surface area contributed by atoms with Crippen molar-refractivity contribution in [3.05, 3.63) is 134 Å². The van der Waals surface area contributed by atoms with E-state index in [0.29, 0.717) is 0 Å². The zero-order chi connectivity index (χ0) is 29.6. The van der Waals surface area contributed by atoms with Crippen molar-refractivity contribution in [3.8, 4) is 11.1 Å². The van der Waals surface area contributed by atoms with Crippen molar-refractivity contribution in [1.82, 2.24) is 9.55 Å². The Morgan fingerprint density at radius 2 is 1.38 bits per heavy atom. The van der Waals surface area contributed by atoms with Crippen molar-refractivity contribution < 1.29 is 0 Å². The van der Waals surface area contributed by atoms with Crippen molar-refractivity contribution in [1.29, 1.82) is 0 Å². The van der Waals surface area contributed by atoms with Crippen LogP contribution in [-0.2, 0) is 6.54 Å². The Balaban J connectivity index is 0.000000309. The molecular weight excluding hydrogens is 510 g/mol. The van der Waals surface area contributed by atoms with Crippen molar-refractivity contribution in [2.45, 2.75) is 27.3 Å². The van der Waals surface area contributed by atoms with E-state index in [4.69, 9.17) is 0 Å². The fourth-order valence-corrected chi connectivity index (χ4v) is 5.82. The van der Waals surface area contributed by atoms with E-state index in [1.165, 1.54) is 72.6 Å². The molecule has 0 bridgehead atoms. The van der Waals surface area contributed by atoms with Gasteiger partial charge in [0.1, 0.15) is 0 Å². The maximum atomic E-state index is 4.50. The van der Waals surface area contributed by atoms with Gasteiger partial charge in [0.25, 0.3) is 0 Å².